The topological polar surface area (TPSA) is 76.2 Å². The lowest BCUT2D eigenvalue weighted by Crippen LogP contribution is -2.01. The van der Waals surface area contributed by atoms with Crippen molar-refractivity contribution in [2.75, 3.05) is 5.73 Å². The van der Waals surface area contributed by atoms with Crippen molar-refractivity contribution in [3.8, 4) is 11.3 Å². The number of nitrogens with two attached hydrogens (primary N) is 1. The molecule has 0 aliphatic heterocycles. The fraction of sp³-hybridized carbons (Fsp3) is 0. The molecule has 0 unspecified atom stereocenters. The van der Waals surface area contributed by atoms with Crippen LogP contribution in [-0.2, 0) is 0 Å². The molecule has 0 aliphatic rings. The van der Waals surface area contributed by atoms with Gasteiger partial charge < -0.3 is 10.8 Å². The van der Waals surface area contributed by atoms with Crippen LogP contribution >= 0.6 is 23.2 Å². The highest BCUT2D eigenvalue weighted by Gasteiger charge is 2.10. The minimum atomic E-state index is -1.08. The average molecular weight is 283 g/mol. The SMILES string of the molecule is Nc1cc(C(=O)O)cnc1-c1cc(Cl)cc(Cl)c1. The van der Waals surface area contributed by atoms with Gasteiger partial charge in [-0.1, -0.05) is 23.2 Å². The summed E-state index contributed by atoms with van der Waals surface area (Å²) in [6.45, 7) is 0. The molecule has 0 saturated heterocycles. The van der Waals surface area contributed by atoms with Crippen LogP contribution in [0.4, 0.5) is 5.69 Å². The molecule has 0 atom stereocenters. The summed E-state index contributed by atoms with van der Waals surface area (Å²) in [5.41, 5.74) is 7.16. The molecule has 92 valence electrons. The number of anilines is 1. The third-order valence-corrected chi connectivity index (χ3v) is 2.74. The number of hydrogen-bond donors (Lipinski definition) is 2. The number of aromatic carboxylic acids is 1. The Hall–Kier alpha value is -1.78. The van der Waals surface area contributed by atoms with Gasteiger partial charge in [0.25, 0.3) is 0 Å². The summed E-state index contributed by atoms with van der Waals surface area (Å²) in [6, 6.07) is 6.26. The van der Waals surface area contributed by atoms with Gasteiger partial charge in [0.05, 0.1) is 16.9 Å². The maximum atomic E-state index is 10.8. The Balaban J connectivity index is 2.54. The van der Waals surface area contributed by atoms with Gasteiger partial charge in [0.2, 0.25) is 0 Å². The number of pyridine rings is 1. The lowest BCUT2D eigenvalue weighted by atomic mass is 10.1. The maximum absolute atomic E-state index is 10.8. The first-order valence-electron chi connectivity index (χ1n) is 4.92. The third-order valence-electron chi connectivity index (χ3n) is 2.30. The lowest BCUT2D eigenvalue weighted by Gasteiger charge is -2.07. The van der Waals surface area contributed by atoms with E-state index in [0.29, 0.717) is 21.3 Å². The van der Waals surface area contributed by atoms with E-state index in [-0.39, 0.29) is 11.3 Å². The number of hydrogen-bond acceptors (Lipinski definition) is 3. The van der Waals surface area contributed by atoms with Crippen LogP contribution in [0.2, 0.25) is 10.0 Å². The van der Waals surface area contributed by atoms with Crippen molar-refractivity contribution in [3.05, 3.63) is 46.1 Å². The summed E-state index contributed by atoms with van der Waals surface area (Å²) < 4.78 is 0. The normalized spacial score (nSPS) is 10.3. The summed E-state index contributed by atoms with van der Waals surface area (Å²) >= 11 is 11.8. The van der Waals surface area contributed by atoms with E-state index in [1.165, 1.54) is 12.3 Å². The summed E-state index contributed by atoms with van der Waals surface area (Å²) in [7, 11) is 0. The van der Waals surface area contributed by atoms with Crippen molar-refractivity contribution in [2.45, 2.75) is 0 Å². The highest BCUT2D eigenvalue weighted by Crippen LogP contribution is 2.29. The summed E-state index contributed by atoms with van der Waals surface area (Å²) in [5.74, 6) is -1.08. The monoisotopic (exact) mass is 282 g/mol. The minimum Gasteiger partial charge on any atom is -0.478 e. The Bertz CT molecular complexity index is 609. The van der Waals surface area contributed by atoms with Crippen molar-refractivity contribution in [1.29, 1.82) is 0 Å². The predicted octanol–water partition coefficient (Wildman–Crippen LogP) is 3.34. The molecule has 4 nitrogen and oxygen atoms in total. The first-order chi connectivity index (χ1) is 8.47. The van der Waals surface area contributed by atoms with Crippen molar-refractivity contribution < 1.29 is 9.90 Å². The molecule has 0 fully saturated rings. The zero-order valence-corrected chi connectivity index (χ0v) is 10.5. The largest absolute Gasteiger partial charge is 0.478 e. The Morgan fingerprint density at radius 2 is 1.78 bits per heavy atom. The molecule has 0 bridgehead atoms. The van der Waals surface area contributed by atoms with Crippen LogP contribution in [0.5, 0.6) is 0 Å². The van der Waals surface area contributed by atoms with Crippen LogP contribution in [0.15, 0.2) is 30.5 Å². The molecule has 1 aromatic carbocycles. The van der Waals surface area contributed by atoms with Gasteiger partial charge in [0, 0.05) is 21.8 Å². The van der Waals surface area contributed by atoms with Crippen LogP contribution in [-0.4, -0.2) is 16.1 Å². The molecule has 0 saturated carbocycles. The molecule has 1 aromatic heterocycles. The van der Waals surface area contributed by atoms with Gasteiger partial charge in [0.1, 0.15) is 0 Å². The second kappa shape index (κ2) is 4.84. The molecule has 0 radical (unpaired) electrons. The van der Waals surface area contributed by atoms with E-state index >= 15 is 0 Å². The first-order valence-corrected chi connectivity index (χ1v) is 5.68. The Morgan fingerprint density at radius 3 is 2.28 bits per heavy atom. The van der Waals surface area contributed by atoms with E-state index in [0.717, 1.165) is 0 Å². The zero-order chi connectivity index (χ0) is 13.3. The number of rotatable bonds is 2. The summed E-state index contributed by atoms with van der Waals surface area (Å²) in [6.07, 6.45) is 1.24. The number of carboxylic acid groups (broad SMARTS) is 1. The van der Waals surface area contributed by atoms with E-state index in [1.807, 2.05) is 0 Å². The molecule has 2 rings (SSSR count). The van der Waals surface area contributed by atoms with Crippen LogP contribution in [0, 0.1) is 0 Å². The molecular weight excluding hydrogens is 275 g/mol. The van der Waals surface area contributed by atoms with Crippen LogP contribution in [0.1, 0.15) is 10.4 Å². The molecule has 3 N–H and O–H groups in total. The third kappa shape index (κ3) is 2.55. The zero-order valence-electron chi connectivity index (χ0n) is 9.02. The number of nitrogen functional groups attached to an aromatic ring is 1. The van der Waals surface area contributed by atoms with E-state index < -0.39 is 5.97 Å². The van der Waals surface area contributed by atoms with Gasteiger partial charge in [-0.3, -0.25) is 4.98 Å². The van der Waals surface area contributed by atoms with Gasteiger partial charge in [-0.2, -0.15) is 0 Å². The molecule has 1 heterocycles. The second-order valence-electron chi connectivity index (χ2n) is 3.63. The minimum absolute atomic E-state index is 0.0318. The standard InChI is InChI=1S/C12H8Cl2N2O2/c13-8-1-6(2-9(14)4-8)11-10(15)3-7(5-16-11)12(17)18/h1-5H,15H2,(H,17,18). The summed E-state index contributed by atoms with van der Waals surface area (Å²) in [4.78, 5) is 14.8. The molecule has 6 heteroatoms. The van der Waals surface area contributed by atoms with E-state index in [1.54, 1.807) is 18.2 Å². The fourth-order valence-electron chi connectivity index (χ4n) is 1.53. The molecule has 0 amide bonds. The van der Waals surface area contributed by atoms with Crippen molar-refractivity contribution in [3.63, 3.8) is 0 Å². The van der Waals surface area contributed by atoms with E-state index in [2.05, 4.69) is 4.98 Å². The number of aromatic nitrogens is 1. The second-order valence-corrected chi connectivity index (χ2v) is 4.50. The van der Waals surface area contributed by atoms with Gasteiger partial charge in [0.15, 0.2) is 0 Å². The molecule has 2 aromatic rings. The van der Waals surface area contributed by atoms with Crippen LogP contribution in [0.25, 0.3) is 11.3 Å². The maximum Gasteiger partial charge on any atom is 0.337 e. The van der Waals surface area contributed by atoms with Crippen molar-refractivity contribution in [2.24, 2.45) is 0 Å². The van der Waals surface area contributed by atoms with Crippen LogP contribution in [0.3, 0.4) is 0 Å². The van der Waals surface area contributed by atoms with Gasteiger partial charge >= 0.3 is 5.97 Å². The highest BCUT2D eigenvalue weighted by molar-refractivity contribution is 6.35. The fourth-order valence-corrected chi connectivity index (χ4v) is 2.06. The Kier molecular flexibility index (Phi) is 3.41. The average Bonchev–Trinajstić information content (AvgIpc) is 2.27. The van der Waals surface area contributed by atoms with Gasteiger partial charge in [-0.25, -0.2) is 4.79 Å². The number of nitrogens with zero attached hydrogens (tertiary/aromatic N) is 1. The number of benzene rings is 1. The number of halogens is 2. The lowest BCUT2D eigenvalue weighted by molar-refractivity contribution is 0.0696. The Morgan fingerprint density at radius 1 is 1.17 bits per heavy atom. The molecule has 0 aliphatic carbocycles. The number of carbonyl (C=O) groups is 1. The molecule has 18 heavy (non-hydrogen) atoms. The van der Waals surface area contributed by atoms with Crippen LogP contribution < -0.4 is 5.73 Å². The number of carboxylic acids is 1. The highest BCUT2D eigenvalue weighted by atomic mass is 35.5. The summed E-state index contributed by atoms with van der Waals surface area (Å²) in [5, 5.41) is 9.74. The van der Waals surface area contributed by atoms with Gasteiger partial charge in [-0.15, -0.1) is 0 Å². The van der Waals surface area contributed by atoms with E-state index in [9.17, 15) is 4.79 Å². The molecular formula is C12H8Cl2N2O2. The predicted molar refractivity (Wildman–Crippen MR) is 71.1 cm³/mol. The van der Waals surface area contributed by atoms with E-state index in [4.69, 9.17) is 34.0 Å². The quantitative estimate of drug-likeness (QED) is 0.886. The Labute approximate surface area is 113 Å². The molecule has 0 spiro atoms. The first kappa shape index (κ1) is 12.7. The van der Waals surface area contributed by atoms with Crippen molar-refractivity contribution in [1.82, 2.24) is 4.98 Å². The van der Waals surface area contributed by atoms with Gasteiger partial charge in [-0.05, 0) is 24.3 Å². The van der Waals surface area contributed by atoms with Crippen molar-refractivity contribution >= 4 is 34.9 Å². The smallest absolute Gasteiger partial charge is 0.337 e.